The van der Waals surface area contributed by atoms with Crippen LogP contribution in [0.3, 0.4) is 0 Å². The van der Waals surface area contributed by atoms with Crippen molar-refractivity contribution < 1.29 is 0 Å². The van der Waals surface area contributed by atoms with Crippen molar-refractivity contribution in [3.05, 3.63) is 340 Å². The molecular weight excluding hydrogens is 1230 g/mol. The highest BCUT2D eigenvalue weighted by molar-refractivity contribution is 7.26. The topological polar surface area (TPSA) is 19.7 Å². The van der Waals surface area contributed by atoms with Gasteiger partial charge in [-0.1, -0.05) is 218 Å². The van der Waals surface area contributed by atoms with E-state index in [1.807, 2.05) is 22.7 Å². The predicted octanol–water partition coefficient (Wildman–Crippen LogP) is 26.1. The van der Waals surface area contributed by atoms with Crippen LogP contribution in [0.15, 0.2) is 340 Å². The van der Waals surface area contributed by atoms with E-state index >= 15 is 0 Å². The number of aromatic nitrogens is 4. The SMILES string of the molecule is c1ccc(-n2c3ccccc3c3cc4c(cc32)c2cc3ccccc3cc2n4-c2ccc(-c3cccc4sc5ccccc5c34)cc2)cc1.c1ccc(-n2c3ccccc3c3ccc4c5c6ccccc6ccc5n(-c5ccc(-c6ccc7sc8ccccc8c7c6)cc5)c4c32)cc1. The molecule has 98 heavy (non-hydrogen) atoms. The Morgan fingerprint density at radius 1 is 0.184 bits per heavy atom. The quantitative estimate of drug-likeness (QED) is 0.158. The molecule has 22 rings (SSSR count). The summed E-state index contributed by atoms with van der Waals surface area (Å²) >= 11 is 3.74. The summed E-state index contributed by atoms with van der Waals surface area (Å²) in [5.74, 6) is 0. The van der Waals surface area contributed by atoms with Crippen LogP contribution in [-0.2, 0) is 0 Å². The molecule has 0 amide bonds. The zero-order valence-corrected chi connectivity index (χ0v) is 54.6. The molecule has 0 N–H and O–H groups in total. The highest BCUT2D eigenvalue weighted by Gasteiger charge is 2.24. The van der Waals surface area contributed by atoms with Gasteiger partial charge in [0.25, 0.3) is 0 Å². The first kappa shape index (κ1) is 55.0. The lowest BCUT2D eigenvalue weighted by molar-refractivity contribution is 1.15. The Morgan fingerprint density at radius 2 is 0.643 bits per heavy atom. The van der Waals surface area contributed by atoms with Gasteiger partial charge in [0, 0.05) is 106 Å². The van der Waals surface area contributed by atoms with E-state index in [2.05, 4.69) is 358 Å². The first-order chi connectivity index (χ1) is 48.6. The van der Waals surface area contributed by atoms with Crippen molar-refractivity contribution in [2.45, 2.75) is 0 Å². The van der Waals surface area contributed by atoms with Crippen molar-refractivity contribution in [1.82, 2.24) is 18.3 Å². The first-order valence-corrected chi connectivity index (χ1v) is 35.2. The lowest BCUT2D eigenvalue weighted by Crippen LogP contribution is -1.98. The molecule has 0 bridgehead atoms. The van der Waals surface area contributed by atoms with Crippen LogP contribution < -0.4 is 0 Å². The minimum atomic E-state index is 1.15. The molecule has 0 spiro atoms. The molecule has 0 unspecified atom stereocenters. The largest absolute Gasteiger partial charge is 0.309 e. The summed E-state index contributed by atoms with van der Waals surface area (Å²) in [4.78, 5) is 0. The van der Waals surface area contributed by atoms with Gasteiger partial charge in [-0.2, -0.15) is 0 Å². The van der Waals surface area contributed by atoms with Gasteiger partial charge in [0.15, 0.2) is 0 Å². The predicted molar refractivity (Wildman–Crippen MR) is 422 cm³/mol. The van der Waals surface area contributed by atoms with E-state index in [9.17, 15) is 0 Å². The molecule has 6 heteroatoms. The van der Waals surface area contributed by atoms with Gasteiger partial charge in [-0.3, -0.25) is 0 Å². The molecule has 0 atom stereocenters. The summed E-state index contributed by atoms with van der Waals surface area (Å²) in [5, 5.41) is 20.5. The fraction of sp³-hybridized carbons (Fsp3) is 0. The van der Waals surface area contributed by atoms with Gasteiger partial charge in [-0.15, -0.1) is 22.7 Å². The molecule has 456 valence electrons. The molecular formula is C92H56N4S2. The van der Waals surface area contributed by atoms with Crippen molar-refractivity contribution in [1.29, 1.82) is 0 Å². The molecule has 0 aliphatic rings. The maximum Gasteiger partial charge on any atom is 0.0789 e. The number of hydrogen-bond acceptors (Lipinski definition) is 2. The Hall–Kier alpha value is -12.3. The maximum atomic E-state index is 2.50. The molecule has 4 nitrogen and oxygen atoms in total. The van der Waals surface area contributed by atoms with Crippen LogP contribution in [0.25, 0.3) is 194 Å². The van der Waals surface area contributed by atoms with Gasteiger partial charge in [-0.25, -0.2) is 0 Å². The van der Waals surface area contributed by atoms with Crippen LogP contribution in [0.2, 0.25) is 0 Å². The second-order valence-electron chi connectivity index (χ2n) is 25.9. The van der Waals surface area contributed by atoms with Crippen molar-refractivity contribution >= 4 is 172 Å². The Bertz CT molecular complexity index is 7020. The average molecular weight is 1280 g/mol. The van der Waals surface area contributed by atoms with E-state index in [-0.39, 0.29) is 0 Å². The Morgan fingerprint density at radius 3 is 1.38 bits per heavy atom. The summed E-state index contributed by atoms with van der Waals surface area (Å²) < 4.78 is 15.2. The monoisotopic (exact) mass is 1280 g/mol. The van der Waals surface area contributed by atoms with Crippen molar-refractivity contribution in [3.63, 3.8) is 0 Å². The molecule has 0 fully saturated rings. The Kier molecular flexibility index (Phi) is 12.1. The Labute approximate surface area is 570 Å². The third kappa shape index (κ3) is 8.29. The summed E-state index contributed by atoms with van der Waals surface area (Å²) in [5.41, 5.74) is 19.4. The molecule has 22 aromatic rings. The standard InChI is InChI=1S/2C46H28N2S/c1-2-13-32(14-3-1)47-40-18-8-6-15-35(40)38-27-43-39(28-42(38)47)37-25-30-11-4-5-12-31(30)26-41(37)48(43)33-23-21-29(22-24-33)34-17-10-20-45-46(34)36-16-7-9-19-44(36)49-45;1-2-11-32(12-3-1)47-40-16-8-6-14-35(40)37-24-25-38-44-34-13-5-4-10-30(34)20-26-41(44)48(46(38)45(37)47)33-22-18-29(19-23-33)31-21-27-43-39(28-31)36-15-7-9-17-42(36)49-43/h2*1-28H. The zero-order valence-electron chi connectivity index (χ0n) is 52.9. The second-order valence-corrected chi connectivity index (χ2v) is 28.0. The third-order valence-corrected chi connectivity index (χ3v) is 22.9. The molecule has 0 radical (unpaired) electrons. The van der Waals surface area contributed by atoms with Gasteiger partial charge in [0.1, 0.15) is 0 Å². The summed E-state index contributed by atoms with van der Waals surface area (Å²) in [6.45, 7) is 0. The van der Waals surface area contributed by atoms with Gasteiger partial charge < -0.3 is 18.3 Å². The van der Waals surface area contributed by atoms with Gasteiger partial charge in [0.05, 0.1) is 44.1 Å². The maximum absolute atomic E-state index is 2.50. The molecule has 16 aromatic carbocycles. The fourth-order valence-electron chi connectivity index (χ4n) is 16.2. The van der Waals surface area contributed by atoms with E-state index < -0.39 is 0 Å². The van der Waals surface area contributed by atoms with Gasteiger partial charge in [-0.05, 0) is 165 Å². The number of fused-ring (bicyclic) bond motifs is 22. The molecule has 0 aliphatic heterocycles. The van der Waals surface area contributed by atoms with E-state index in [0.717, 1.165) is 17.1 Å². The lowest BCUT2D eigenvalue weighted by Gasteiger charge is -2.13. The number of rotatable bonds is 6. The first-order valence-electron chi connectivity index (χ1n) is 33.5. The zero-order chi connectivity index (χ0) is 64.1. The highest BCUT2D eigenvalue weighted by Crippen LogP contribution is 2.47. The third-order valence-electron chi connectivity index (χ3n) is 20.6. The highest BCUT2D eigenvalue weighted by atomic mass is 32.1. The fourth-order valence-corrected chi connectivity index (χ4v) is 18.5. The Balaban J connectivity index is 0.000000129. The van der Waals surface area contributed by atoms with E-state index in [4.69, 9.17) is 0 Å². The van der Waals surface area contributed by atoms with Crippen molar-refractivity contribution in [2.24, 2.45) is 0 Å². The van der Waals surface area contributed by atoms with Crippen LogP contribution in [0.1, 0.15) is 0 Å². The normalized spacial score (nSPS) is 12.1. The summed E-state index contributed by atoms with van der Waals surface area (Å²) in [6.07, 6.45) is 0. The molecule has 0 saturated heterocycles. The van der Waals surface area contributed by atoms with Crippen LogP contribution >= 0.6 is 22.7 Å². The van der Waals surface area contributed by atoms with Crippen LogP contribution in [0.4, 0.5) is 0 Å². The molecule has 6 heterocycles. The minimum absolute atomic E-state index is 1.15. The smallest absolute Gasteiger partial charge is 0.0789 e. The van der Waals surface area contributed by atoms with Gasteiger partial charge in [0.2, 0.25) is 0 Å². The average Bonchev–Trinajstić information content (AvgIpc) is 1.58. The molecule has 0 saturated carbocycles. The minimum Gasteiger partial charge on any atom is -0.309 e. The van der Waals surface area contributed by atoms with Gasteiger partial charge >= 0.3 is 0 Å². The van der Waals surface area contributed by atoms with Crippen molar-refractivity contribution in [2.75, 3.05) is 0 Å². The molecule has 6 aromatic heterocycles. The number of hydrogen-bond donors (Lipinski definition) is 0. The second kappa shape index (κ2) is 21.6. The lowest BCUT2D eigenvalue weighted by atomic mass is 9.99. The summed E-state index contributed by atoms with van der Waals surface area (Å²) in [6, 6.07) is 125. The number of para-hydroxylation sites is 4. The number of benzene rings is 16. The van der Waals surface area contributed by atoms with E-state index in [1.54, 1.807) is 0 Å². The van der Waals surface area contributed by atoms with Crippen LogP contribution in [0.5, 0.6) is 0 Å². The van der Waals surface area contributed by atoms with Crippen LogP contribution in [-0.4, -0.2) is 18.3 Å². The van der Waals surface area contributed by atoms with E-state index in [0.29, 0.717) is 0 Å². The van der Waals surface area contributed by atoms with E-state index in [1.165, 1.54) is 177 Å². The summed E-state index contributed by atoms with van der Waals surface area (Å²) in [7, 11) is 0. The van der Waals surface area contributed by atoms with Crippen molar-refractivity contribution in [3.8, 4) is 45.0 Å². The number of thiophene rings is 2. The number of nitrogens with zero attached hydrogens (tertiary/aromatic N) is 4. The molecule has 0 aliphatic carbocycles. The van der Waals surface area contributed by atoms with Crippen LogP contribution in [0, 0.1) is 0 Å².